The van der Waals surface area contributed by atoms with Crippen LogP contribution in [0.25, 0.3) is 0 Å². The molecule has 0 aromatic carbocycles. The van der Waals surface area contributed by atoms with Gasteiger partial charge >= 0.3 is 0 Å². The Labute approximate surface area is 75.5 Å². The van der Waals surface area contributed by atoms with Gasteiger partial charge in [0.2, 0.25) is 0 Å². The van der Waals surface area contributed by atoms with E-state index in [1.807, 2.05) is 0 Å². The maximum atomic E-state index is 7.77. The zero-order valence-electron chi connectivity index (χ0n) is 8.27. The standard InChI is InChI=1S/C10H20N2/c1-3-4-5-8-12(2)10(11)9-6-7-9/h9,11H,3-8H2,1-2H3. The number of nitrogens with one attached hydrogen (secondary N) is 1. The van der Waals surface area contributed by atoms with Crippen molar-refractivity contribution in [2.24, 2.45) is 5.92 Å². The van der Waals surface area contributed by atoms with Gasteiger partial charge in [-0.1, -0.05) is 19.8 Å². The van der Waals surface area contributed by atoms with Crippen molar-refractivity contribution in [3.8, 4) is 0 Å². The van der Waals surface area contributed by atoms with Crippen LogP contribution in [0.4, 0.5) is 0 Å². The minimum atomic E-state index is 0.608. The zero-order chi connectivity index (χ0) is 8.97. The van der Waals surface area contributed by atoms with Crippen LogP contribution in [0.5, 0.6) is 0 Å². The summed E-state index contributed by atoms with van der Waals surface area (Å²) in [5, 5.41) is 7.77. The van der Waals surface area contributed by atoms with Crippen molar-refractivity contribution >= 4 is 5.84 Å². The first-order chi connectivity index (χ1) is 5.75. The maximum absolute atomic E-state index is 7.77. The van der Waals surface area contributed by atoms with Gasteiger partial charge in [0.25, 0.3) is 0 Å². The van der Waals surface area contributed by atoms with Gasteiger partial charge in [-0.25, -0.2) is 0 Å². The van der Waals surface area contributed by atoms with E-state index in [2.05, 4.69) is 18.9 Å². The van der Waals surface area contributed by atoms with Crippen LogP contribution in [0.2, 0.25) is 0 Å². The van der Waals surface area contributed by atoms with Crippen LogP contribution in [0.1, 0.15) is 39.0 Å². The lowest BCUT2D eigenvalue weighted by atomic mass is 10.2. The van der Waals surface area contributed by atoms with E-state index in [1.165, 1.54) is 32.1 Å². The molecule has 0 atom stereocenters. The van der Waals surface area contributed by atoms with Gasteiger partial charge in [-0.05, 0) is 19.3 Å². The Morgan fingerprint density at radius 2 is 2.08 bits per heavy atom. The predicted octanol–water partition coefficient (Wildman–Crippen LogP) is 2.50. The quantitative estimate of drug-likeness (QED) is 0.381. The molecule has 0 bridgehead atoms. The molecule has 1 aliphatic rings. The number of unbranched alkanes of at least 4 members (excludes halogenated alkanes) is 2. The van der Waals surface area contributed by atoms with E-state index in [-0.39, 0.29) is 0 Å². The lowest BCUT2D eigenvalue weighted by molar-refractivity contribution is 0.461. The summed E-state index contributed by atoms with van der Waals surface area (Å²) in [6.45, 7) is 3.29. The fourth-order valence-electron chi connectivity index (χ4n) is 1.39. The minimum absolute atomic E-state index is 0.608. The van der Waals surface area contributed by atoms with Gasteiger partial charge in [0, 0.05) is 19.5 Å². The topological polar surface area (TPSA) is 27.1 Å². The van der Waals surface area contributed by atoms with Crippen molar-refractivity contribution in [3.63, 3.8) is 0 Å². The SMILES string of the molecule is CCCCCN(C)C(=N)C1CC1. The molecular formula is C10H20N2. The molecule has 0 aromatic heterocycles. The molecule has 2 heteroatoms. The average molecular weight is 168 g/mol. The Morgan fingerprint density at radius 3 is 2.58 bits per heavy atom. The molecule has 1 saturated carbocycles. The summed E-state index contributed by atoms with van der Waals surface area (Å²) in [6, 6.07) is 0. The molecule has 0 heterocycles. The predicted molar refractivity (Wildman–Crippen MR) is 52.6 cm³/mol. The maximum Gasteiger partial charge on any atom is 0.0986 e. The summed E-state index contributed by atoms with van der Waals surface area (Å²) < 4.78 is 0. The Morgan fingerprint density at radius 1 is 1.42 bits per heavy atom. The minimum Gasteiger partial charge on any atom is -0.363 e. The number of nitrogens with zero attached hydrogens (tertiary/aromatic N) is 1. The van der Waals surface area contributed by atoms with Crippen molar-refractivity contribution in [3.05, 3.63) is 0 Å². The molecule has 1 aliphatic carbocycles. The second kappa shape index (κ2) is 4.48. The summed E-state index contributed by atoms with van der Waals surface area (Å²) in [7, 11) is 2.05. The first kappa shape index (κ1) is 9.56. The molecule has 0 aromatic rings. The van der Waals surface area contributed by atoms with Crippen LogP contribution in [0, 0.1) is 11.3 Å². The highest BCUT2D eigenvalue weighted by molar-refractivity contribution is 5.83. The molecule has 0 radical (unpaired) electrons. The first-order valence-electron chi connectivity index (χ1n) is 5.05. The average Bonchev–Trinajstić information content (AvgIpc) is 2.86. The van der Waals surface area contributed by atoms with Gasteiger partial charge in [0.15, 0.2) is 0 Å². The number of hydrogen-bond donors (Lipinski definition) is 1. The van der Waals surface area contributed by atoms with Gasteiger partial charge < -0.3 is 4.90 Å². The molecule has 0 saturated heterocycles. The molecule has 0 amide bonds. The third kappa shape index (κ3) is 2.84. The fourth-order valence-corrected chi connectivity index (χ4v) is 1.39. The van der Waals surface area contributed by atoms with Gasteiger partial charge in [0.1, 0.15) is 0 Å². The van der Waals surface area contributed by atoms with Gasteiger partial charge in [-0.15, -0.1) is 0 Å². The van der Waals surface area contributed by atoms with E-state index in [9.17, 15) is 0 Å². The van der Waals surface area contributed by atoms with Crippen LogP contribution in [-0.2, 0) is 0 Å². The first-order valence-corrected chi connectivity index (χ1v) is 5.05. The number of amidine groups is 1. The molecule has 0 unspecified atom stereocenters. The Balaban J connectivity index is 2.09. The molecule has 12 heavy (non-hydrogen) atoms. The van der Waals surface area contributed by atoms with Crippen LogP contribution < -0.4 is 0 Å². The third-order valence-electron chi connectivity index (χ3n) is 2.47. The van der Waals surface area contributed by atoms with Gasteiger partial charge in [0.05, 0.1) is 5.84 Å². The monoisotopic (exact) mass is 168 g/mol. The van der Waals surface area contributed by atoms with Gasteiger partial charge in [-0.2, -0.15) is 0 Å². The summed E-state index contributed by atoms with van der Waals surface area (Å²) in [5.74, 6) is 1.47. The van der Waals surface area contributed by atoms with Crippen molar-refractivity contribution in [1.29, 1.82) is 5.41 Å². The van der Waals surface area contributed by atoms with E-state index in [4.69, 9.17) is 5.41 Å². The summed E-state index contributed by atoms with van der Waals surface area (Å²) >= 11 is 0. The smallest absolute Gasteiger partial charge is 0.0986 e. The highest BCUT2D eigenvalue weighted by Crippen LogP contribution is 2.30. The van der Waals surface area contributed by atoms with E-state index in [1.54, 1.807) is 0 Å². The number of rotatable bonds is 5. The summed E-state index contributed by atoms with van der Waals surface area (Å²) in [6.07, 6.45) is 6.29. The highest BCUT2D eigenvalue weighted by Gasteiger charge is 2.28. The molecule has 2 nitrogen and oxygen atoms in total. The van der Waals surface area contributed by atoms with Crippen LogP contribution in [0.3, 0.4) is 0 Å². The Kier molecular flexibility index (Phi) is 3.57. The Hall–Kier alpha value is -0.530. The molecular weight excluding hydrogens is 148 g/mol. The summed E-state index contributed by atoms with van der Waals surface area (Å²) in [4.78, 5) is 2.12. The Bertz CT molecular complexity index is 150. The second-order valence-corrected chi connectivity index (χ2v) is 3.79. The molecule has 70 valence electrons. The zero-order valence-corrected chi connectivity index (χ0v) is 8.27. The molecule has 0 aliphatic heterocycles. The van der Waals surface area contributed by atoms with Crippen molar-refractivity contribution < 1.29 is 0 Å². The third-order valence-corrected chi connectivity index (χ3v) is 2.47. The molecule has 0 spiro atoms. The van der Waals surface area contributed by atoms with Crippen LogP contribution in [0.15, 0.2) is 0 Å². The largest absolute Gasteiger partial charge is 0.363 e. The van der Waals surface area contributed by atoms with E-state index >= 15 is 0 Å². The van der Waals surface area contributed by atoms with Gasteiger partial charge in [-0.3, -0.25) is 5.41 Å². The molecule has 1 rings (SSSR count). The van der Waals surface area contributed by atoms with E-state index in [0.29, 0.717) is 5.92 Å². The lowest BCUT2D eigenvalue weighted by Crippen LogP contribution is -2.28. The normalized spacial score (nSPS) is 16.2. The van der Waals surface area contributed by atoms with Crippen LogP contribution in [-0.4, -0.2) is 24.3 Å². The van der Waals surface area contributed by atoms with Crippen LogP contribution >= 0.6 is 0 Å². The number of hydrogen-bond acceptors (Lipinski definition) is 1. The molecule has 1 fully saturated rings. The second-order valence-electron chi connectivity index (χ2n) is 3.79. The van der Waals surface area contributed by atoms with Crippen molar-refractivity contribution in [2.75, 3.05) is 13.6 Å². The summed E-state index contributed by atoms with van der Waals surface area (Å²) in [5.41, 5.74) is 0. The fraction of sp³-hybridized carbons (Fsp3) is 0.900. The molecule has 1 N–H and O–H groups in total. The van der Waals surface area contributed by atoms with Crippen molar-refractivity contribution in [2.45, 2.75) is 39.0 Å². The highest BCUT2D eigenvalue weighted by atomic mass is 15.1. The van der Waals surface area contributed by atoms with E-state index < -0.39 is 0 Å². The lowest BCUT2D eigenvalue weighted by Gasteiger charge is -2.19. The van der Waals surface area contributed by atoms with Crippen molar-refractivity contribution in [1.82, 2.24) is 4.90 Å². The van der Waals surface area contributed by atoms with E-state index in [0.717, 1.165) is 12.4 Å².